The molecule has 2 aromatic rings. The summed E-state index contributed by atoms with van der Waals surface area (Å²) in [6, 6.07) is 6.33. The highest BCUT2D eigenvalue weighted by Gasteiger charge is 2.23. The van der Waals surface area contributed by atoms with Crippen LogP contribution in [0.2, 0.25) is 0 Å². The van der Waals surface area contributed by atoms with Crippen molar-refractivity contribution < 1.29 is 4.58 Å². The maximum atomic E-state index is 4.73. The van der Waals surface area contributed by atoms with Gasteiger partial charge >= 0.3 is 0 Å². The number of aromatic nitrogens is 2. The van der Waals surface area contributed by atoms with Crippen LogP contribution in [0, 0.1) is 11.8 Å². The molecule has 4 nitrogen and oxygen atoms in total. The molecule has 4 heterocycles. The lowest BCUT2D eigenvalue weighted by Crippen LogP contribution is -2.15. The molecule has 4 rings (SSSR count). The Morgan fingerprint density at radius 3 is 2.88 bits per heavy atom. The van der Waals surface area contributed by atoms with Crippen LogP contribution < -0.4 is 0 Å². The summed E-state index contributed by atoms with van der Waals surface area (Å²) in [6.07, 6.45) is 11.2. The normalized spacial score (nSPS) is 22.8. The van der Waals surface area contributed by atoms with E-state index in [2.05, 4.69) is 46.7 Å². The Morgan fingerprint density at radius 1 is 1.08 bits per heavy atom. The van der Waals surface area contributed by atoms with Crippen LogP contribution in [-0.2, 0) is 12.8 Å². The highest BCUT2D eigenvalue weighted by atomic mass is 15.0. The average Bonchev–Trinajstić information content (AvgIpc) is 2.85. The molecule has 0 amide bonds. The monoisotopic (exact) mass is 319 g/mol. The SMILES string of the molecule is CC1CC=Nc2cc([N+]3=Cc4cccnc4CC(C)C3)cnc2C1. The van der Waals surface area contributed by atoms with Gasteiger partial charge in [-0.1, -0.05) is 13.8 Å². The van der Waals surface area contributed by atoms with Crippen LogP contribution in [0.5, 0.6) is 0 Å². The summed E-state index contributed by atoms with van der Waals surface area (Å²) in [6.45, 7) is 5.50. The molecule has 122 valence electrons. The molecule has 2 aliphatic rings. The summed E-state index contributed by atoms with van der Waals surface area (Å²) in [5.41, 5.74) is 5.64. The lowest BCUT2D eigenvalue weighted by atomic mass is 10.0. The fraction of sp³-hybridized carbons (Fsp3) is 0.400. The van der Waals surface area contributed by atoms with Gasteiger partial charge in [0.25, 0.3) is 0 Å². The van der Waals surface area contributed by atoms with Gasteiger partial charge in [0.15, 0.2) is 12.8 Å². The summed E-state index contributed by atoms with van der Waals surface area (Å²) in [5, 5.41) is 0. The Labute approximate surface area is 143 Å². The molecule has 2 unspecified atom stereocenters. The van der Waals surface area contributed by atoms with Crippen molar-refractivity contribution >= 4 is 23.8 Å². The van der Waals surface area contributed by atoms with Gasteiger partial charge in [-0.05, 0) is 37.3 Å². The minimum atomic E-state index is 0.541. The standard InChI is InChI=1S/C20H23N4/c1-14-5-7-22-20-10-17(11-23-19(20)8-14)24-12-15(2)9-18-16(13-24)4-3-6-21-18/h3-4,6-7,10-11,13-15H,5,8-9,12H2,1-2H3/q+1. The Morgan fingerprint density at radius 2 is 1.96 bits per heavy atom. The molecule has 0 aromatic carbocycles. The van der Waals surface area contributed by atoms with Gasteiger partial charge in [0.1, 0.15) is 0 Å². The Hall–Kier alpha value is -2.36. The first-order chi connectivity index (χ1) is 11.7. The molecule has 4 heteroatoms. The van der Waals surface area contributed by atoms with E-state index < -0.39 is 0 Å². The first-order valence-electron chi connectivity index (χ1n) is 8.76. The van der Waals surface area contributed by atoms with E-state index in [9.17, 15) is 0 Å². The lowest BCUT2D eigenvalue weighted by Gasteiger charge is -2.09. The first-order valence-corrected chi connectivity index (χ1v) is 8.76. The third kappa shape index (κ3) is 3.01. The molecule has 0 saturated heterocycles. The number of rotatable bonds is 1. The molecule has 2 atom stereocenters. The van der Waals surface area contributed by atoms with E-state index in [0.717, 1.165) is 42.9 Å². The topological polar surface area (TPSA) is 41.1 Å². The molecule has 0 radical (unpaired) electrons. The van der Waals surface area contributed by atoms with Crippen molar-refractivity contribution in [2.45, 2.75) is 33.1 Å². The van der Waals surface area contributed by atoms with E-state index >= 15 is 0 Å². The van der Waals surface area contributed by atoms with Crippen LogP contribution in [0.15, 0.2) is 35.6 Å². The summed E-state index contributed by atoms with van der Waals surface area (Å²) in [7, 11) is 0. The predicted molar refractivity (Wildman–Crippen MR) is 96.9 cm³/mol. The molecule has 0 aliphatic carbocycles. The number of hydrogen-bond donors (Lipinski definition) is 0. The average molecular weight is 319 g/mol. The maximum absolute atomic E-state index is 4.73. The molecular weight excluding hydrogens is 296 g/mol. The molecule has 0 spiro atoms. The van der Waals surface area contributed by atoms with Crippen molar-refractivity contribution in [2.24, 2.45) is 16.8 Å². The molecule has 0 N–H and O–H groups in total. The predicted octanol–water partition coefficient (Wildman–Crippen LogP) is 3.72. The molecular formula is C20H23N4+. The number of hydrogen-bond acceptors (Lipinski definition) is 3. The summed E-state index contributed by atoms with van der Waals surface area (Å²) >= 11 is 0. The van der Waals surface area contributed by atoms with Gasteiger partial charge in [-0.25, -0.2) is 0 Å². The van der Waals surface area contributed by atoms with Gasteiger partial charge in [0, 0.05) is 24.4 Å². The van der Waals surface area contributed by atoms with E-state index in [1.165, 1.54) is 11.3 Å². The first kappa shape index (κ1) is 15.2. The van der Waals surface area contributed by atoms with Crippen molar-refractivity contribution in [3.8, 4) is 0 Å². The van der Waals surface area contributed by atoms with Crippen molar-refractivity contribution in [2.75, 3.05) is 6.54 Å². The van der Waals surface area contributed by atoms with Crippen molar-refractivity contribution in [1.82, 2.24) is 9.97 Å². The lowest BCUT2D eigenvalue weighted by molar-refractivity contribution is -0.442. The number of fused-ring (bicyclic) bond motifs is 2. The van der Waals surface area contributed by atoms with Crippen LogP contribution >= 0.6 is 0 Å². The summed E-state index contributed by atoms with van der Waals surface area (Å²) in [4.78, 5) is 13.9. The summed E-state index contributed by atoms with van der Waals surface area (Å²) < 4.78 is 2.30. The third-order valence-corrected chi connectivity index (χ3v) is 4.82. The van der Waals surface area contributed by atoms with Crippen LogP contribution in [0.1, 0.15) is 37.2 Å². The van der Waals surface area contributed by atoms with E-state index in [-0.39, 0.29) is 0 Å². The van der Waals surface area contributed by atoms with Gasteiger partial charge in [-0.3, -0.25) is 15.0 Å². The largest absolute Gasteiger partial charge is 0.260 e. The summed E-state index contributed by atoms with van der Waals surface area (Å²) in [5.74, 6) is 1.15. The van der Waals surface area contributed by atoms with Crippen LogP contribution in [-0.4, -0.2) is 33.5 Å². The molecule has 2 aliphatic heterocycles. The van der Waals surface area contributed by atoms with Gasteiger partial charge < -0.3 is 0 Å². The Kier molecular flexibility index (Phi) is 3.97. The second-order valence-corrected chi connectivity index (χ2v) is 7.15. The Bertz CT molecular complexity index is 822. The van der Waals surface area contributed by atoms with Gasteiger partial charge in [0.05, 0.1) is 28.8 Å². The van der Waals surface area contributed by atoms with Gasteiger partial charge in [0.2, 0.25) is 5.69 Å². The zero-order valence-corrected chi connectivity index (χ0v) is 14.3. The van der Waals surface area contributed by atoms with Gasteiger partial charge in [-0.15, -0.1) is 0 Å². The minimum absolute atomic E-state index is 0.541. The van der Waals surface area contributed by atoms with Crippen molar-refractivity contribution in [3.63, 3.8) is 0 Å². The van der Waals surface area contributed by atoms with E-state index in [1.54, 1.807) is 0 Å². The number of aliphatic imine (C=N–C) groups is 1. The second kappa shape index (κ2) is 6.27. The zero-order chi connectivity index (χ0) is 16.5. The number of pyridine rings is 2. The van der Waals surface area contributed by atoms with E-state index in [4.69, 9.17) is 4.98 Å². The van der Waals surface area contributed by atoms with Crippen LogP contribution in [0.3, 0.4) is 0 Å². The zero-order valence-electron chi connectivity index (χ0n) is 14.3. The van der Waals surface area contributed by atoms with Crippen molar-refractivity contribution in [3.05, 3.63) is 47.5 Å². The fourth-order valence-electron chi connectivity index (χ4n) is 3.51. The molecule has 0 bridgehead atoms. The second-order valence-electron chi connectivity index (χ2n) is 7.15. The smallest absolute Gasteiger partial charge is 0.225 e. The highest BCUT2D eigenvalue weighted by molar-refractivity contribution is 5.78. The Balaban J connectivity index is 1.76. The fourth-order valence-corrected chi connectivity index (χ4v) is 3.51. The molecule has 0 fully saturated rings. The molecule has 0 saturated carbocycles. The third-order valence-electron chi connectivity index (χ3n) is 4.82. The van der Waals surface area contributed by atoms with Crippen LogP contribution in [0.4, 0.5) is 11.4 Å². The minimum Gasteiger partial charge on any atom is -0.260 e. The molecule has 2 aromatic heterocycles. The van der Waals surface area contributed by atoms with Crippen LogP contribution in [0.25, 0.3) is 0 Å². The van der Waals surface area contributed by atoms with Crippen molar-refractivity contribution in [1.29, 1.82) is 0 Å². The van der Waals surface area contributed by atoms with E-state index in [0.29, 0.717) is 11.8 Å². The quantitative estimate of drug-likeness (QED) is 0.752. The maximum Gasteiger partial charge on any atom is 0.225 e. The van der Waals surface area contributed by atoms with Gasteiger partial charge in [-0.2, -0.15) is 4.58 Å². The molecule has 24 heavy (non-hydrogen) atoms. The van der Waals surface area contributed by atoms with E-state index in [1.807, 2.05) is 24.7 Å². The highest BCUT2D eigenvalue weighted by Crippen LogP contribution is 2.29. The number of nitrogens with zero attached hydrogens (tertiary/aromatic N) is 4.